The Labute approximate surface area is 71.7 Å². The van der Waals surface area contributed by atoms with Crippen molar-refractivity contribution in [2.75, 3.05) is 20.2 Å². The zero-order valence-electron chi connectivity index (χ0n) is 7.12. The summed E-state index contributed by atoms with van der Waals surface area (Å²) < 4.78 is 4.53. The lowest BCUT2D eigenvalue weighted by atomic mass is 9.96. The van der Waals surface area contributed by atoms with Gasteiger partial charge >= 0.3 is 6.09 Å². The summed E-state index contributed by atoms with van der Waals surface area (Å²) in [6.45, 7) is 1.49. The predicted molar refractivity (Wildman–Crippen MR) is 42.3 cm³/mol. The molecule has 0 atom stereocenters. The Hall–Kier alpha value is -1.24. The molecule has 1 amide bonds. The van der Waals surface area contributed by atoms with Gasteiger partial charge in [-0.15, -0.1) is 0 Å². The van der Waals surface area contributed by atoms with Gasteiger partial charge in [0.15, 0.2) is 0 Å². The molecule has 12 heavy (non-hydrogen) atoms. The summed E-state index contributed by atoms with van der Waals surface area (Å²) in [5, 5.41) is 8.30. The number of rotatable bonds is 2. The molecule has 0 aliphatic carbocycles. The van der Waals surface area contributed by atoms with Crippen LogP contribution in [0.4, 0.5) is 4.79 Å². The molecular formula is C8H12N2O2. The van der Waals surface area contributed by atoms with Gasteiger partial charge in [0, 0.05) is 19.5 Å². The van der Waals surface area contributed by atoms with E-state index in [1.54, 1.807) is 4.90 Å². The number of hydrogen-bond donors (Lipinski definition) is 0. The van der Waals surface area contributed by atoms with Crippen LogP contribution in [-0.2, 0) is 4.74 Å². The molecule has 1 aliphatic heterocycles. The molecule has 0 N–H and O–H groups in total. The van der Waals surface area contributed by atoms with E-state index in [1.165, 1.54) is 7.11 Å². The number of carbonyl (C=O) groups is 1. The lowest BCUT2D eigenvalue weighted by Crippen LogP contribution is -2.49. The minimum absolute atomic E-state index is 0.261. The Morgan fingerprint density at radius 2 is 2.42 bits per heavy atom. The quantitative estimate of drug-likeness (QED) is 0.617. The Kier molecular flexibility index (Phi) is 2.92. The van der Waals surface area contributed by atoms with Crippen molar-refractivity contribution in [3.05, 3.63) is 0 Å². The van der Waals surface area contributed by atoms with E-state index in [0.717, 1.165) is 19.5 Å². The third kappa shape index (κ3) is 1.88. The van der Waals surface area contributed by atoms with Gasteiger partial charge in [0.25, 0.3) is 0 Å². The van der Waals surface area contributed by atoms with Gasteiger partial charge in [0.2, 0.25) is 0 Å². The number of hydrogen-bond acceptors (Lipinski definition) is 3. The van der Waals surface area contributed by atoms with E-state index in [9.17, 15) is 4.79 Å². The van der Waals surface area contributed by atoms with E-state index in [0.29, 0.717) is 12.3 Å². The molecule has 0 spiro atoms. The molecule has 0 aromatic rings. The minimum Gasteiger partial charge on any atom is -0.453 e. The van der Waals surface area contributed by atoms with Crippen LogP contribution in [0.2, 0.25) is 0 Å². The summed E-state index contributed by atoms with van der Waals surface area (Å²) in [7, 11) is 1.38. The van der Waals surface area contributed by atoms with Gasteiger partial charge in [-0.1, -0.05) is 0 Å². The van der Waals surface area contributed by atoms with Crippen LogP contribution in [0.25, 0.3) is 0 Å². The molecule has 4 nitrogen and oxygen atoms in total. The van der Waals surface area contributed by atoms with Crippen LogP contribution in [0.3, 0.4) is 0 Å². The molecule has 0 aromatic carbocycles. The second kappa shape index (κ2) is 3.96. The largest absolute Gasteiger partial charge is 0.453 e. The molecular weight excluding hydrogens is 156 g/mol. The third-order valence-electron chi connectivity index (χ3n) is 2.05. The van der Waals surface area contributed by atoms with Crippen LogP contribution in [0, 0.1) is 17.2 Å². The lowest BCUT2D eigenvalue weighted by Gasteiger charge is -2.37. The molecule has 1 aliphatic rings. The van der Waals surface area contributed by atoms with Crippen molar-refractivity contribution in [1.82, 2.24) is 4.90 Å². The fourth-order valence-corrected chi connectivity index (χ4v) is 1.30. The number of amides is 1. The Bertz CT molecular complexity index is 204. The van der Waals surface area contributed by atoms with Crippen LogP contribution in [0.1, 0.15) is 12.8 Å². The number of ether oxygens (including phenoxy) is 1. The average molecular weight is 168 g/mol. The fourth-order valence-electron chi connectivity index (χ4n) is 1.30. The Balaban J connectivity index is 2.12. The van der Waals surface area contributed by atoms with E-state index < -0.39 is 0 Å². The van der Waals surface area contributed by atoms with Crippen LogP contribution in [-0.4, -0.2) is 31.2 Å². The molecule has 1 saturated heterocycles. The number of nitriles is 1. The average Bonchev–Trinajstić information content (AvgIpc) is 2.01. The van der Waals surface area contributed by atoms with Crippen molar-refractivity contribution in [1.29, 1.82) is 5.26 Å². The van der Waals surface area contributed by atoms with Crippen molar-refractivity contribution in [2.45, 2.75) is 12.8 Å². The predicted octanol–water partition coefficient (Wildman–Crippen LogP) is 0.988. The molecule has 1 heterocycles. The van der Waals surface area contributed by atoms with E-state index in [-0.39, 0.29) is 6.09 Å². The summed E-state index contributed by atoms with van der Waals surface area (Å²) in [6.07, 6.45) is 1.21. The summed E-state index contributed by atoms with van der Waals surface area (Å²) in [4.78, 5) is 12.5. The standard InChI is InChI=1S/C8H12N2O2/c1-12-8(11)10-5-7(6-10)3-2-4-9/h7H,2-3,5-6H2,1H3. The Morgan fingerprint density at radius 3 is 2.92 bits per heavy atom. The maximum atomic E-state index is 10.9. The van der Waals surface area contributed by atoms with Gasteiger partial charge in [-0.25, -0.2) is 4.79 Å². The maximum Gasteiger partial charge on any atom is 0.409 e. The van der Waals surface area contributed by atoms with Crippen molar-refractivity contribution in [2.24, 2.45) is 5.92 Å². The fraction of sp³-hybridized carbons (Fsp3) is 0.750. The van der Waals surface area contributed by atoms with Crippen LogP contribution >= 0.6 is 0 Å². The van der Waals surface area contributed by atoms with E-state index >= 15 is 0 Å². The third-order valence-corrected chi connectivity index (χ3v) is 2.05. The highest BCUT2D eigenvalue weighted by Crippen LogP contribution is 2.20. The van der Waals surface area contributed by atoms with Gasteiger partial charge < -0.3 is 9.64 Å². The van der Waals surface area contributed by atoms with Crippen LogP contribution < -0.4 is 0 Å². The lowest BCUT2D eigenvalue weighted by molar-refractivity contribution is 0.0653. The summed E-state index contributed by atoms with van der Waals surface area (Å²) in [5.74, 6) is 0.503. The second-order valence-electron chi connectivity index (χ2n) is 2.94. The zero-order chi connectivity index (χ0) is 8.97. The molecule has 66 valence electrons. The monoisotopic (exact) mass is 168 g/mol. The van der Waals surface area contributed by atoms with Crippen molar-refractivity contribution in [3.8, 4) is 6.07 Å². The normalized spacial score (nSPS) is 16.5. The van der Waals surface area contributed by atoms with Crippen LogP contribution in [0.5, 0.6) is 0 Å². The number of carbonyl (C=O) groups excluding carboxylic acids is 1. The van der Waals surface area contributed by atoms with Crippen molar-refractivity contribution < 1.29 is 9.53 Å². The first-order chi connectivity index (χ1) is 5.77. The Morgan fingerprint density at radius 1 is 1.75 bits per heavy atom. The summed E-state index contributed by atoms with van der Waals surface area (Å²) in [6, 6.07) is 2.09. The first-order valence-corrected chi connectivity index (χ1v) is 3.97. The number of methoxy groups -OCH3 is 1. The second-order valence-corrected chi connectivity index (χ2v) is 2.94. The zero-order valence-corrected chi connectivity index (χ0v) is 7.12. The molecule has 0 aromatic heterocycles. The molecule has 0 bridgehead atoms. The minimum atomic E-state index is -0.261. The number of nitrogens with zero attached hydrogens (tertiary/aromatic N) is 2. The van der Waals surface area contributed by atoms with Gasteiger partial charge in [-0.2, -0.15) is 5.26 Å². The van der Waals surface area contributed by atoms with E-state index in [2.05, 4.69) is 10.8 Å². The SMILES string of the molecule is COC(=O)N1CC(CCC#N)C1. The van der Waals surface area contributed by atoms with Gasteiger partial charge in [0.1, 0.15) is 0 Å². The first kappa shape index (κ1) is 8.85. The number of likely N-dealkylation sites (tertiary alicyclic amines) is 1. The maximum absolute atomic E-state index is 10.9. The first-order valence-electron chi connectivity index (χ1n) is 3.97. The highest BCUT2D eigenvalue weighted by Gasteiger charge is 2.30. The summed E-state index contributed by atoms with van der Waals surface area (Å²) in [5.41, 5.74) is 0. The molecule has 1 fully saturated rings. The highest BCUT2D eigenvalue weighted by atomic mass is 16.5. The molecule has 0 saturated carbocycles. The van der Waals surface area contributed by atoms with E-state index in [4.69, 9.17) is 5.26 Å². The molecule has 1 rings (SSSR count). The molecule has 0 unspecified atom stereocenters. The smallest absolute Gasteiger partial charge is 0.409 e. The summed E-state index contributed by atoms with van der Waals surface area (Å²) >= 11 is 0. The van der Waals surface area contributed by atoms with E-state index in [1.807, 2.05) is 0 Å². The highest BCUT2D eigenvalue weighted by molar-refractivity contribution is 5.68. The van der Waals surface area contributed by atoms with Gasteiger partial charge in [-0.3, -0.25) is 0 Å². The molecule has 0 radical (unpaired) electrons. The van der Waals surface area contributed by atoms with Crippen LogP contribution in [0.15, 0.2) is 0 Å². The van der Waals surface area contributed by atoms with Gasteiger partial charge in [-0.05, 0) is 12.3 Å². The van der Waals surface area contributed by atoms with Crippen molar-refractivity contribution >= 4 is 6.09 Å². The molecule has 4 heteroatoms. The van der Waals surface area contributed by atoms with Crippen molar-refractivity contribution in [3.63, 3.8) is 0 Å². The topological polar surface area (TPSA) is 53.3 Å². The van der Waals surface area contributed by atoms with Gasteiger partial charge in [0.05, 0.1) is 13.2 Å².